The number of aromatic nitrogens is 2. The number of aromatic amines is 1. The molecule has 1 aromatic carbocycles. The standard InChI is InChI=1S/C25H28N4O2S/c1-24(2,3)15-10-13(11-16(21(15)30)25(4,5)6)18-14(12-26)22(27)31-23-19(18)20(28-29-23)17-8-7-9-32-17/h7-11,14,18,27,30H,1-6H3,(H,28,29). The number of ether oxygens (including phenoxy) is 1. The molecule has 0 fully saturated rings. The van der Waals surface area contributed by atoms with Gasteiger partial charge in [-0.15, -0.1) is 16.4 Å². The molecule has 0 spiro atoms. The molecule has 6 nitrogen and oxygen atoms in total. The zero-order chi connectivity index (χ0) is 23.4. The van der Waals surface area contributed by atoms with Crippen LogP contribution in [0.3, 0.4) is 0 Å². The number of phenols is 1. The van der Waals surface area contributed by atoms with Crippen LogP contribution in [0.2, 0.25) is 0 Å². The molecule has 32 heavy (non-hydrogen) atoms. The van der Waals surface area contributed by atoms with Crippen LogP contribution in [0.5, 0.6) is 11.6 Å². The Hall–Kier alpha value is -3.11. The summed E-state index contributed by atoms with van der Waals surface area (Å²) in [7, 11) is 0. The van der Waals surface area contributed by atoms with Crippen LogP contribution in [0, 0.1) is 22.7 Å². The molecule has 1 aliphatic rings. The number of hydrogen-bond acceptors (Lipinski definition) is 6. The molecular weight excluding hydrogens is 420 g/mol. The number of phenolic OH excluding ortho intramolecular Hbond substituents is 1. The zero-order valence-corrected chi connectivity index (χ0v) is 20.0. The van der Waals surface area contributed by atoms with E-state index in [0.29, 0.717) is 5.88 Å². The third kappa shape index (κ3) is 3.59. The van der Waals surface area contributed by atoms with Crippen LogP contribution in [0.25, 0.3) is 10.6 Å². The number of nitrogens with one attached hydrogen (secondary N) is 2. The highest BCUT2D eigenvalue weighted by atomic mass is 32.1. The highest BCUT2D eigenvalue weighted by molar-refractivity contribution is 7.13. The summed E-state index contributed by atoms with van der Waals surface area (Å²) in [6.45, 7) is 12.4. The van der Waals surface area contributed by atoms with Crippen LogP contribution in [0.4, 0.5) is 0 Å². The Morgan fingerprint density at radius 1 is 1.16 bits per heavy atom. The van der Waals surface area contributed by atoms with Gasteiger partial charge >= 0.3 is 0 Å². The molecule has 0 saturated carbocycles. The lowest BCUT2D eigenvalue weighted by Gasteiger charge is -2.32. The highest BCUT2D eigenvalue weighted by Crippen LogP contribution is 2.49. The molecule has 0 amide bonds. The first-order chi connectivity index (χ1) is 14.9. The Morgan fingerprint density at radius 3 is 2.28 bits per heavy atom. The lowest BCUT2D eigenvalue weighted by Crippen LogP contribution is -2.31. The van der Waals surface area contributed by atoms with Gasteiger partial charge in [0, 0.05) is 5.92 Å². The fraction of sp³-hybridized carbons (Fsp3) is 0.400. The van der Waals surface area contributed by atoms with Crippen molar-refractivity contribution in [1.82, 2.24) is 10.2 Å². The van der Waals surface area contributed by atoms with Gasteiger partial charge in [-0.2, -0.15) is 5.26 Å². The number of fused-ring (bicyclic) bond motifs is 1. The fourth-order valence-corrected chi connectivity index (χ4v) is 5.00. The normalized spacial score (nSPS) is 18.7. The highest BCUT2D eigenvalue weighted by Gasteiger charge is 2.42. The van der Waals surface area contributed by atoms with E-state index in [4.69, 9.17) is 10.1 Å². The van der Waals surface area contributed by atoms with E-state index in [9.17, 15) is 10.4 Å². The maximum Gasteiger partial charge on any atom is 0.244 e. The summed E-state index contributed by atoms with van der Waals surface area (Å²) in [6.07, 6.45) is 0. The molecule has 0 bridgehead atoms. The zero-order valence-electron chi connectivity index (χ0n) is 19.2. The van der Waals surface area contributed by atoms with Gasteiger partial charge in [0.2, 0.25) is 11.8 Å². The van der Waals surface area contributed by atoms with Crippen molar-refractivity contribution in [3.8, 4) is 28.3 Å². The molecular formula is C25H28N4O2S. The summed E-state index contributed by atoms with van der Waals surface area (Å²) < 4.78 is 5.66. The molecule has 0 aliphatic carbocycles. The Labute approximate surface area is 192 Å². The molecule has 3 heterocycles. The van der Waals surface area contributed by atoms with Gasteiger partial charge in [0.05, 0.1) is 22.2 Å². The van der Waals surface area contributed by atoms with Crippen LogP contribution in [-0.4, -0.2) is 21.2 Å². The van der Waals surface area contributed by atoms with E-state index in [0.717, 1.165) is 32.8 Å². The third-order valence-electron chi connectivity index (χ3n) is 5.92. The number of hydrogen-bond donors (Lipinski definition) is 3. The van der Waals surface area contributed by atoms with Gasteiger partial charge in [-0.1, -0.05) is 59.7 Å². The van der Waals surface area contributed by atoms with Gasteiger partial charge in [-0.05, 0) is 39.0 Å². The molecule has 7 heteroatoms. The van der Waals surface area contributed by atoms with Crippen LogP contribution in [0.1, 0.15) is 69.7 Å². The molecule has 3 N–H and O–H groups in total. The quantitative estimate of drug-likeness (QED) is 0.442. The van der Waals surface area contributed by atoms with Crippen LogP contribution < -0.4 is 4.74 Å². The number of benzene rings is 1. The summed E-state index contributed by atoms with van der Waals surface area (Å²) >= 11 is 1.57. The monoisotopic (exact) mass is 448 g/mol. The number of rotatable bonds is 2. The SMILES string of the molecule is CC(C)(C)c1cc(C2c3c(n[nH]c3-c3cccs3)OC(=N)C2C#N)cc(C(C)(C)C)c1O. The lowest BCUT2D eigenvalue weighted by molar-refractivity contribution is 0.419. The van der Waals surface area contributed by atoms with E-state index in [1.165, 1.54) is 0 Å². The van der Waals surface area contributed by atoms with E-state index >= 15 is 0 Å². The van der Waals surface area contributed by atoms with Crippen molar-refractivity contribution >= 4 is 17.2 Å². The molecule has 4 rings (SSSR count). The van der Waals surface area contributed by atoms with Crippen molar-refractivity contribution < 1.29 is 9.84 Å². The van der Waals surface area contributed by atoms with E-state index in [1.807, 2.05) is 29.6 Å². The van der Waals surface area contributed by atoms with E-state index in [-0.39, 0.29) is 22.5 Å². The molecule has 166 valence electrons. The summed E-state index contributed by atoms with van der Waals surface area (Å²) in [5.74, 6) is -0.747. The molecule has 0 radical (unpaired) electrons. The number of nitrogens with zero attached hydrogens (tertiary/aromatic N) is 2. The largest absolute Gasteiger partial charge is 0.507 e. The average molecular weight is 449 g/mol. The Bertz CT molecular complexity index is 1190. The molecule has 1 aliphatic heterocycles. The molecule has 0 saturated heterocycles. The maximum atomic E-state index is 11.2. The Kier molecular flexibility index (Phi) is 5.17. The minimum atomic E-state index is -0.802. The van der Waals surface area contributed by atoms with Crippen molar-refractivity contribution in [3.05, 3.63) is 51.9 Å². The van der Waals surface area contributed by atoms with Gasteiger partial charge in [-0.3, -0.25) is 10.5 Å². The molecule has 2 atom stereocenters. The van der Waals surface area contributed by atoms with Crippen molar-refractivity contribution in [2.45, 2.75) is 58.3 Å². The van der Waals surface area contributed by atoms with E-state index < -0.39 is 11.8 Å². The first-order valence-electron chi connectivity index (χ1n) is 10.6. The number of nitriles is 1. The van der Waals surface area contributed by atoms with Crippen LogP contribution in [-0.2, 0) is 10.8 Å². The van der Waals surface area contributed by atoms with Gasteiger partial charge < -0.3 is 9.84 Å². The second kappa shape index (κ2) is 7.49. The first-order valence-corrected chi connectivity index (χ1v) is 11.5. The van der Waals surface area contributed by atoms with Gasteiger partial charge in [0.25, 0.3) is 0 Å². The number of aromatic hydroxyl groups is 1. The summed E-state index contributed by atoms with van der Waals surface area (Å²) in [5.41, 5.74) is 3.47. The predicted molar refractivity (Wildman–Crippen MR) is 127 cm³/mol. The predicted octanol–water partition coefficient (Wildman–Crippen LogP) is 6.08. The number of H-pyrrole nitrogens is 1. The van der Waals surface area contributed by atoms with Crippen molar-refractivity contribution in [2.24, 2.45) is 5.92 Å². The van der Waals surface area contributed by atoms with E-state index in [2.05, 4.69) is 57.8 Å². The minimum absolute atomic E-state index is 0.114. The van der Waals surface area contributed by atoms with Crippen molar-refractivity contribution in [2.75, 3.05) is 0 Å². The summed E-state index contributed by atoms with van der Waals surface area (Å²) in [5, 5.41) is 39.0. The number of thiophene rings is 1. The molecule has 3 aromatic rings. The fourth-order valence-electron chi connectivity index (χ4n) is 4.27. The van der Waals surface area contributed by atoms with Gasteiger partial charge in [0.15, 0.2) is 0 Å². The Balaban J connectivity index is 2.04. The second-order valence-corrected chi connectivity index (χ2v) is 11.3. The van der Waals surface area contributed by atoms with Crippen LogP contribution in [0.15, 0.2) is 29.6 Å². The van der Waals surface area contributed by atoms with Crippen LogP contribution >= 0.6 is 11.3 Å². The Morgan fingerprint density at radius 2 is 1.78 bits per heavy atom. The summed E-state index contributed by atoms with van der Waals surface area (Å²) in [4.78, 5) is 0.989. The van der Waals surface area contributed by atoms with Crippen molar-refractivity contribution in [1.29, 1.82) is 10.7 Å². The first kappa shape index (κ1) is 22.1. The van der Waals surface area contributed by atoms with Crippen molar-refractivity contribution in [3.63, 3.8) is 0 Å². The summed E-state index contributed by atoms with van der Waals surface area (Å²) in [6, 6.07) is 10.2. The second-order valence-electron chi connectivity index (χ2n) is 10.3. The van der Waals surface area contributed by atoms with E-state index in [1.54, 1.807) is 11.3 Å². The smallest absolute Gasteiger partial charge is 0.244 e. The maximum absolute atomic E-state index is 11.2. The third-order valence-corrected chi connectivity index (χ3v) is 6.80. The topological polar surface area (TPSA) is 106 Å². The van der Waals surface area contributed by atoms with Gasteiger partial charge in [0.1, 0.15) is 11.7 Å². The minimum Gasteiger partial charge on any atom is -0.507 e. The average Bonchev–Trinajstić information content (AvgIpc) is 3.34. The molecule has 2 unspecified atom stereocenters. The lowest BCUT2D eigenvalue weighted by atomic mass is 9.73. The van der Waals surface area contributed by atoms with Gasteiger partial charge in [-0.25, -0.2) is 0 Å². The molecule has 2 aromatic heterocycles.